The standard InChI is InChI=1S/C33H36F2N6O8S2/c1-18-25-26(42)40(33(11-12-33)29(43)38-51(45,46)32(2)9-10-32)31(44)39(28(25)50-27(18)41-36-13-14-37-41)17-24(22-5-3-4-6-23(22)49-30(34)35)48-21-15-19-7-8-20(16-21)47-19/h3-6,13-14,19-21,24,30H,7-12,15-17H2,1-2H3,(H,38,43)/t19-,20+,21-,24-/m0/s1. The molecule has 0 unspecified atom stereocenters. The van der Waals surface area contributed by atoms with Crippen LogP contribution in [0, 0.1) is 6.92 Å². The quantitative estimate of drug-likeness (QED) is 0.226. The number of aryl methyl sites for hydroxylation is 1. The molecule has 2 aliphatic carbocycles. The van der Waals surface area contributed by atoms with Gasteiger partial charge in [0.05, 0.1) is 47.4 Å². The minimum Gasteiger partial charge on any atom is -0.434 e. The number of halogens is 2. The molecule has 51 heavy (non-hydrogen) atoms. The van der Waals surface area contributed by atoms with Gasteiger partial charge in [-0.15, -0.1) is 4.80 Å². The highest BCUT2D eigenvalue weighted by Gasteiger charge is 2.58. The van der Waals surface area contributed by atoms with Gasteiger partial charge in [0.25, 0.3) is 11.5 Å². The van der Waals surface area contributed by atoms with Gasteiger partial charge in [-0.1, -0.05) is 29.5 Å². The number of fused-ring (bicyclic) bond motifs is 3. The van der Waals surface area contributed by atoms with Crippen molar-refractivity contribution in [2.75, 3.05) is 0 Å². The van der Waals surface area contributed by atoms with Gasteiger partial charge in [0.1, 0.15) is 27.2 Å². The lowest BCUT2D eigenvalue weighted by atomic mass is 10.0. The van der Waals surface area contributed by atoms with E-state index in [2.05, 4.69) is 14.9 Å². The molecule has 8 rings (SSSR count). The molecule has 4 atom stereocenters. The number of sulfonamides is 1. The van der Waals surface area contributed by atoms with Crippen LogP contribution < -0.4 is 20.7 Å². The third-order valence-electron chi connectivity index (χ3n) is 10.6. The van der Waals surface area contributed by atoms with Crippen molar-refractivity contribution in [1.29, 1.82) is 0 Å². The second-order valence-electron chi connectivity index (χ2n) is 14.1. The molecule has 1 amide bonds. The lowest BCUT2D eigenvalue weighted by Crippen LogP contribution is -2.53. The molecule has 272 valence electrons. The zero-order chi connectivity index (χ0) is 35.9. The van der Waals surface area contributed by atoms with Crippen LogP contribution >= 0.6 is 11.3 Å². The van der Waals surface area contributed by atoms with Crippen molar-refractivity contribution in [2.24, 2.45) is 0 Å². The molecule has 2 bridgehead atoms. The van der Waals surface area contributed by atoms with Gasteiger partial charge in [0.15, 0.2) is 0 Å². The number of benzene rings is 1. The smallest absolute Gasteiger partial charge is 0.387 e. The predicted octanol–water partition coefficient (Wildman–Crippen LogP) is 3.67. The minimum atomic E-state index is -4.09. The van der Waals surface area contributed by atoms with Gasteiger partial charge in [-0.2, -0.15) is 19.0 Å². The van der Waals surface area contributed by atoms with Crippen LogP contribution in [0.15, 0.2) is 46.2 Å². The first-order chi connectivity index (χ1) is 24.3. The van der Waals surface area contributed by atoms with Gasteiger partial charge in [-0.3, -0.25) is 18.9 Å². The summed E-state index contributed by atoms with van der Waals surface area (Å²) in [5.41, 5.74) is -2.69. The molecular weight excluding hydrogens is 711 g/mol. The molecule has 3 aromatic heterocycles. The summed E-state index contributed by atoms with van der Waals surface area (Å²) in [4.78, 5) is 44.5. The molecule has 5 heterocycles. The Morgan fingerprint density at radius 3 is 2.39 bits per heavy atom. The van der Waals surface area contributed by atoms with Crippen LogP contribution in [0.2, 0.25) is 0 Å². The minimum absolute atomic E-state index is 0.00946. The van der Waals surface area contributed by atoms with E-state index < -0.39 is 50.2 Å². The first-order valence-corrected chi connectivity index (χ1v) is 19.2. The van der Waals surface area contributed by atoms with E-state index in [1.165, 1.54) is 34.7 Å². The van der Waals surface area contributed by atoms with Crippen molar-refractivity contribution >= 4 is 37.5 Å². The highest BCUT2D eigenvalue weighted by molar-refractivity contribution is 7.91. The maximum Gasteiger partial charge on any atom is 0.387 e. The fourth-order valence-electron chi connectivity index (χ4n) is 7.32. The van der Waals surface area contributed by atoms with Crippen molar-refractivity contribution < 1.29 is 36.2 Å². The molecule has 14 nitrogen and oxygen atoms in total. The average molecular weight is 747 g/mol. The topological polar surface area (TPSA) is 166 Å². The maximum absolute atomic E-state index is 14.8. The Morgan fingerprint density at radius 1 is 1.10 bits per heavy atom. The molecule has 4 aliphatic rings. The second kappa shape index (κ2) is 12.3. The molecule has 2 aliphatic heterocycles. The Labute approximate surface area is 294 Å². The van der Waals surface area contributed by atoms with Crippen molar-refractivity contribution in [3.63, 3.8) is 0 Å². The van der Waals surface area contributed by atoms with Crippen molar-refractivity contribution in [2.45, 2.75) is 113 Å². The van der Waals surface area contributed by atoms with Gasteiger partial charge in [-0.25, -0.2) is 17.8 Å². The van der Waals surface area contributed by atoms with Crippen LogP contribution in [0.1, 0.15) is 75.5 Å². The van der Waals surface area contributed by atoms with E-state index in [1.54, 1.807) is 25.1 Å². The number of amides is 1. The fraction of sp³-hybridized carbons (Fsp3) is 0.545. The second-order valence-corrected chi connectivity index (χ2v) is 17.2. The van der Waals surface area contributed by atoms with E-state index in [0.29, 0.717) is 36.2 Å². The molecule has 4 aromatic rings. The van der Waals surface area contributed by atoms with Crippen LogP contribution in [-0.4, -0.2) is 68.1 Å². The number of ether oxygens (including phenoxy) is 3. The highest BCUT2D eigenvalue weighted by atomic mass is 32.2. The van der Waals surface area contributed by atoms with Crippen LogP contribution in [0.5, 0.6) is 5.75 Å². The van der Waals surface area contributed by atoms with E-state index in [4.69, 9.17) is 14.2 Å². The zero-order valence-corrected chi connectivity index (χ0v) is 29.4. The number of carbonyl (C=O) groups excluding carboxylic acids is 1. The van der Waals surface area contributed by atoms with Crippen LogP contribution in [0.3, 0.4) is 0 Å². The monoisotopic (exact) mass is 746 g/mol. The number of aromatic nitrogens is 5. The van der Waals surface area contributed by atoms with E-state index in [-0.39, 0.29) is 59.2 Å². The van der Waals surface area contributed by atoms with E-state index in [9.17, 15) is 31.6 Å². The molecular formula is C33H36F2N6O8S2. The third-order valence-corrected chi connectivity index (χ3v) is 14.1. The lowest BCUT2D eigenvalue weighted by molar-refractivity contribution is -0.124. The van der Waals surface area contributed by atoms with Crippen molar-refractivity contribution in [3.8, 4) is 10.8 Å². The Hall–Kier alpha value is -4.00. The third kappa shape index (κ3) is 5.89. The summed E-state index contributed by atoms with van der Waals surface area (Å²) in [6, 6.07) is 6.19. The molecule has 0 radical (unpaired) electrons. The van der Waals surface area contributed by atoms with E-state index in [1.807, 2.05) is 0 Å². The summed E-state index contributed by atoms with van der Waals surface area (Å²) < 4.78 is 74.3. The van der Waals surface area contributed by atoms with Crippen LogP contribution in [0.25, 0.3) is 15.2 Å². The zero-order valence-electron chi connectivity index (χ0n) is 27.8. The molecule has 1 N–H and O–H groups in total. The summed E-state index contributed by atoms with van der Waals surface area (Å²) in [6.45, 7) is -0.180. The van der Waals surface area contributed by atoms with Gasteiger partial charge < -0.3 is 14.2 Å². The number of nitrogens with one attached hydrogen (secondary N) is 1. The largest absolute Gasteiger partial charge is 0.434 e. The van der Waals surface area contributed by atoms with Crippen LogP contribution in [-0.2, 0) is 36.4 Å². The normalized spacial score (nSPS) is 23.7. The van der Waals surface area contributed by atoms with E-state index >= 15 is 0 Å². The Kier molecular flexibility index (Phi) is 8.23. The molecule has 2 saturated carbocycles. The van der Waals surface area contributed by atoms with Gasteiger partial charge >= 0.3 is 12.3 Å². The van der Waals surface area contributed by atoms with Crippen molar-refractivity contribution in [1.82, 2.24) is 28.9 Å². The van der Waals surface area contributed by atoms with E-state index in [0.717, 1.165) is 28.7 Å². The summed E-state index contributed by atoms with van der Waals surface area (Å²) >= 11 is 1.08. The lowest BCUT2D eigenvalue weighted by Gasteiger charge is -2.32. The fourth-order valence-corrected chi connectivity index (χ4v) is 9.86. The summed E-state index contributed by atoms with van der Waals surface area (Å²) in [7, 11) is -4.09. The SMILES string of the molecule is Cc1c(-n2nccn2)sc2c1c(=O)n(C1(C(=O)NS(=O)(=O)C3(C)CC3)CC1)c(=O)n2C[C@H](O[C@@H]1C[C@H]2CC[C@@H](C1)O2)c1ccccc1OC(F)F. The Morgan fingerprint density at radius 2 is 1.76 bits per heavy atom. The number of rotatable bonds is 12. The van der Waals surface area contributed by atoms with Gasteiger partial charge in [0, 0.05) is 11.1 Å². The molecule has 0 spiro atoms. The van der Waals surface area contributed by atoms with Crippen LogP contribution in [0.4, 0.5) is 8.78 Å². The first kappa shape index (κ1) is 34.1. The number of thiophene rings is 1. The summed E-state index contributed by atoms with van der Waals surface area (Å²) in [5.74, 6) is -1.09. The number of nitrogens with zero attached hydrogens (tertiary/aromatic N) is 5. The Bertz CT molecular complexity index is 2230. The van der Waals surface area contributed by atoms with Crippen molar-refractivity contribution in [3.05, 3.63) is 68.6 Å². The Balaban J connectivity index is 1.29. The highest BCUT2D eigenvalue weighted by Crippen LogP contribution is 2.46. The predicted molar refractivity (Wildman–Crippen MR) is 180 cm³/mol. The molecule has 1 aromatic carbocycles. The number of para-hydroxylation sites is 1. The number of alkyl halides is 2. The number of hydrogen-bond donors (Lipinski definition) is 1. The molecule has 18 heteroatoms. The molecule has 2 saturated heterocycles. The molecule has 4 fully saturated rings. The number of hydrogen-bond acceptors (Lipinski definition) is 11. The maximum atomic E-state index is 14.8. The van der Waals surface area contributed by atoms with Gasteiger partial charge in [0.2, 0.25) is 10.0 Å². The van der Waals surface area contributed by atoms with Gasteiger partial charge in [-0.05, 0) is 71.3 Å². The summed E-state index contributed by atoms with van der Waals surface area (Å²) in [6.07, 6.45) is 5.31. The average Bonchev–Trinajstić information content (AvgIpc) is 3.89. The number of carbonyl (C=O) groups is 1. The summed E-state index contributed by atoms with van der Waals surface area (Å²) in [5, 5.41) is 8.99. The first-order valence-electron chi connectivity index (χ1n) is 16.9.